The Hall–Kier alpha value is -2.43. The Morgan fingerprint density at radius 2 is 1.92 bits per heavy atom. The molecule has 0 atom stereocenters. The van der Waals surface area contributed by atoms with Crippen molar-refractivity contribution in [3.63, 3.8) is 0 Å². The van der Waals surface area contributed by atoms with Crippen molar-refractivity contribution in [2.45, 2.75) is 11.1 Å². The molecule has 0 fully saturated rings. The predicted molar refractivity (Wildman–Crippen MR) is 98.8 cm³/mol. The summed E-state index contributed by atoms with van der Waals surface area (Å²) in [5.74, 6) is 5.63. The van der Waals surface area contributed by atoms with E-state index in [-0.39, 0.29) is 11.5 Å². The number of halogens is 3. The van der Waals surface area contributed by atoms with Gasteiger partial charge in [0, 0.05) is 28.9 Å². The molecule has 0 aliphatic heterocycles. The standard InChI is InChI=1S/C16H19F3N6S/c1-22-26-12-6-7-14(13(9-12)15(20)24-25(2)21)23-11-5-3-4-10(8-11)16(17,18)19/h3-9,22-23H,21H2,1-2H3,(H2,20,24). The Morgan fingerprint density at radius 3 is 2.54 bits per heavy atom. The Morgan fingerprint density at radius 1 is 1.19 bits per heavy atom. The van der Waals surface area contributed by atoms with E-state index < -0.39 is 11.7 Å². The molecule has 0 amide bonds. The fourth-order valence-corrected chi connectivity index (χ4v) is 2.73. The van der Waals surface area contributed by atoms with Crippen LogP contribution < -0.4 is 21.6 Å². The molecule has 0 saturated heterocycles. The number of anilines is 2. The van der Waals surface area contributed by atoms with Crippen molar-refractivity contribution in [2.24, 2.45) is 16.7 Å². The first kappa shape index (κ1) is 19.9. The van der Waals surface area contributed by atoms with Crippen molar-refractivity contribution in [2.75, 3.05) is 19.4 Å². The minimum atomic E-state index is -4.42. The zero-order valence-electron chi connectivity index (χ0n) is 14.1. The quantitative estimate of drug-likeness (QED) is 0.201. The van der Waals surface area contributed by atoms with Crippen LogP contribution in [0.25, 0.3) is 0 Å². The van der Waals surface area contributed by atoms with Crippen LogP contribution in [0.1, 0.15) is 11.1 Å². The molecule has 26 heavy (non-hydrogen) atoms. The number of alkyl halides is 3. The summed E-state index contributed by atoms with van der Waals surface area (Å²) < 4.78 is 41.6. The second kappa shape index (κ2) is 8.30. The van der Waals surface area contributed by atoms with Crippen LogP contribution in [-0.2, 0) is 6.18 Å². The number of nitrogens with one attached hydrogen (secondary N) is 2. The summed E-state index contributed by atoms with van der Waals surface area (Å²) in [6, 6.07) is 10.2. The summed E-state index contributed by atoms with van der Waals surface area (Å²) in [5, 5.41) is 7.98. The molecule has 0 spiro atoms. The summed E-state index contributed by atoms with van der Waals surface area (Å²) in [4.78, 5) is 0.856. The second-order valence-corrected chi connectivity index (χ2v) is 6.36. The van der Waals surface area contributed by atoms with E-state index in [0.717, 1.165) is 22.1 Å². The van der Waals surface area contributed by atoms with Gasteiger partial charge in [0.05, 0.1) is 5.56 Å². The van der Waals surface area contributed by atoms with Gasteiger partial charge in [-0.15, -0.1) is 5.10 Å². The lowest BCUT2D eigenvalue weighted by atomic mass is 10.1. The molecule has 0 radical (unpaired) electrons. The van der Waals surface area contributed by atoms with Crippen LogP contribution in [0, 0.1) is 0 Å². The number of amidine groups is 1. The van der Waals surface area contributed by atoms with Gasteiger partial charge in [-0.3, -0.25) is 4.72 Å². The molecule has 2 rings (SSSR count). The molecule has 2 aromatic rings. The molecular formula is C16H19F3N6S. The molecule has 0 aliphatic carbocycles. The van der Waals surface area contributed by atoms with E-state index >= 15 is 0 Å². The van der Waals surface area contributed by atoms with E-state index in [0.29, 0.717) is 11.3 Å². The number of benzene rings is 2. The van der Waals surface area contributed by atoms with Gasteiger partial charge in [0.25, 0.3) is 0 Å². The molecule has 0 saturated carbocycles. The summed E-state index contributed by atoms with van der Waals surface area (Å²) in [6.07, 6.45) is -4.42. The van der Waals surface area contributed by atoms with E-state index in [4.69, 9.17) is 11.6 Å². The van der Waals surface area contributed by atoms with E-state index in [1.165, 1.54) is 31.1 Å². The highest BCUT2D eigenvalue weighted by Crippen LogP contribution is 2.32. The Balaban J connectivity index is 2.42. The van der Waals surface area contributed by atoms with Gasteiger partial charge < -0.3 is 11.1 Å². The minimum Gasteiger partial charge on any atom is -0.382 e. The smallest absolute Gasteiger partial charge is 0.382 e. The number of nitrogens with zero attached hydrogens (tertiary/aromatic N) is 2. The lowest BCUT2D eigenvalue weighted by Crippen LogP contribution is -2.26. The van der Waals surface area contributed by atoms with Crippen molar-refractivity contribution in [3.05, 3.63) is 53.6 Å². The van der Waals surface area contributed by atoms with Crippen LogP contribution in [0.5, 0.6) is 0 Å². The fourth-order valence-electron chi connectivity index (χ4n) is 2.18. The normalized spacial score (nSPS) is 12.2. The van der Waals surface area contributed by atoms with Crippen molar-refractivity contribution in [1.82, 2.24) is 9.84 Å². The van der Waals surface area contributed by atoms with E-state index in [2.05, 4.69) is 15.1 Å². The molecule has 0 unspecified atom stereocenters. The van der Waals surface area contributed by atoms with Crippen LogP contribution in [0.15, 0.2) is 52.5 Å². The highest BCUT2D eigenvalue weighted by molar-refractivity contribution is 7.97. The predicted octanol–water partition coefficient (Wildman–Crippen LogP) is 3.10. The highest BCUT2D eigenvalue weighted by Gasteiger charge is 2.30. The fraction of sp³-hybridized carbons (Fsp3) is 0.188. The third-order valence-corrected chi connectivity index (χ3v) is 3.92. The monoisotopic (exact) mass is 384 g/mol. The first-order chi connectivity index (χ1) is 12.2. The van der Waals surface area contributed by atoms with Gasteiger partial charge >= 0.3 is 6.18 Å². The summed E-state index contributed by atoms with van der Waals surface area (Å²) in [7, 11) is 3.28. The second-order valence-electron chi connectivity index (χ2n) is 5.28. The first-order valence-corrected chi connectivity index (χ1v) is 8.27. The highest BCUT2D eigenvalue weighted by atomic mass is 32.2. The number of hydrazine groups is 1. The lowest BCUT2D eigenvalue weighted by molar-refractivity contribution is -0.137. The lowest BCUT2D eigenvalue weighted by Gasteiger charge is -2.15. The SMILES string of the molecule is CNSc1ccc(Nc2cccc(C(F)(F)F)c2)c(/C(N)=N/N(C)N)c1. The molecule has 10 heteroatoms. The molecule has 0 heterocycles. The molecular weight excluding hydrogens is 365 g/mol. The van der Waals surface area contributed by atoms with Gasteiger partial charge in [-0.2, -0.15) is 13.2 Å². The van der Waals surface area contributed by atoms with Gasteiger partial charge in [-0.05, 0) is 55.4 Å². The van der Waals surface area contributed by atoms with Crippen molar-refractivity contribution >= 4 is 29.2 Å². The molecule has 0 aliphatic rings. The molecule has 0 aromatic heterocycles. The van der Waals surface area contributed by atoms with Gasteiger partial charge in [-0.25, -0.2) is 11.0 Å². The first-order valence-electron chi connectivity index (χ1n) is 7.45. The molecule has 0 bridgehead atoms. The van der Waals surface area contributed by atoms with E-state index in [1.54, 1.807) is 25.2 Å². The van der Waals surface area contributed by atoms with Crippen molar-refractivity contribution < 1.29 is 13.2 Å². The van der Waals surface area contributed by atoms with Crippen LogP contribution in [0.2, 0.25) is 0 Å². The van der Waals surface area contributed by atoms with Crippen molar-refractivity contribution in [3.8, 4) is 0 Å². The maximum Gasteiger partial charge on any atom is 0.416 e. The Bertz CT molecular complexity index is 792. The van der Waals surface area contributed by atoms with Crippen LogP contribution in [-0.4, -0.2) is 25.0 Å². The minimum absolute atomic E-state index is 0.128. The van der Waals surface area contributed by atoms with Crippen LogP contribution in [0.3, 0.4) is 0 Å². The maximum atomic E-state index is 12.9. The summed E-state index contributed by atoms with van der Waals surface area (Å²) in [6.45, 7) is 0. The number of hydrazone groups is 1. The van der Waals surface area contributed by atoms with E-state index in [1.807, 2.05) is 0 Å². The largest absolute Gasteiger partial charge is 0.416 e. The van der Waals surface area contributed by atoms with Gasteiger partial charge in [0.2, 0.25) is 0 Å². The van der Waals surface area contributed by atoms with Crippen LogP contribution >= 0.6 is 11.9 Å². The average Bonchev–Trinajstić information content (AvgIpc) is 2.55. The molecule has 6 nitrogen and oxygen atoms in total. The van der Waals surface area contributed by atoms with Crippen LogP contribution in [0.4, 0.5) is 24.5 Å². The summed E-state index contributed by atoms with van der Waals surface area (Å²) >= 11 is 1.36. The zero-order valence-corrected chi connectivity index (χ0v) is 14.9. The molecule has 2 aromatic carbocycles. The third-order valence-electron chi connectivity index (χ3n) is 3.22. The van der Waals surface area contributed by atoms with Crippen molar-refractivity contribution in [1.29, 1.82) is 0 Å². The van der Waals surface area contributed by atoms with Gasteiger partial charge in [0.15, 0.2) is 5.84 Å². The Labute approximate surface area is 153 Å². The zero-order chi connectivity index (χ0) is 19.3. The van der Waals surface area contributed by atoms with Gasteiger partial charge in [0.1, 0.15) is 0 Å². The average molecular weight is 384 g/mol. The maximum absolute atomic E-state index is 12.9. The third kappa shape index (κ3) is 5.28. The summed E-state index contributed by atoms with van der Waals surface area (Å²) in [5.41, 5.74) is 6.55. The number of hydrogen-bond donors (Lipinski definition) is 4. The molecule has 140 valence electrons. The topological polar surface area (TPSA) is 91.7 Å². The number of hydrogen-bond acceptors (Lipinski definition) is 6. The Kier molecular flexibility index (Phi) is 6.35. The number of rotatable bonds is 6. The van der Waals surface area contributed by atoms with Gasteiger partial charge in [-0.1, -0.05) is 6.07 Å². The molecule has 6 N–H and O–H groups in total. The van der Waals surface area contributed by atoms with E-state index in [9.17, 15) is 13.2 Å². The number of nitrogens with two attached hydrogens (primary N) is 2.